The zero-order valence-corrected chi connectivity index (χ0v) is 10.2. The third-order valence-corrected chi connectivity index (χ3v) is 4.00. The normalized spacial score (nSPS) is 20.4. The number of para-hydroxylation sites is 2. The zero-order valence-electron chi connectivity index (χ0n) is 9.43. The average molecular weight is 256 g/mol. The number of benzene rings is 1. The summed E-state index contributed by atoms with van der Waals surface area (Å²) >= 11 is 0. The first-order chi connectivity index (χ1) is 8.07. The van der Waals surface area contributed by atoms with Crippen LogP contribution < -0.4 is 10.5 Å². The Morgan fingerprint density at radius 1 is 1.41 bits per heavy atom. The fraction of sp³-hybridized carbons (Fsp3) is 0.455. The molecule has 1 aliphatic heterocycles. The molecular weight excluding hydrogens is 240 g/mol. The second-order valence-corrected chi connectivity index (χ2v) is 5.87. The molecule has 0 spiro atoms. The first kappa shape index (κ1) is 12.2. The summed E-state index contributed by atoms with van der Waals surface area (Å²) in [4.78, 5) is 0. The lowest BCUT2D eigenvalue weighted by Gasteiger charge is -2.13. The molecule has 1 heterocycles. The highest BCUT2D eigenvalue weighted by atomic mass is 32.2. The molecule has 0 bridgehead atoms. The Bertz CT molecular complexity index is 481. The SMILES string of the molecule is Nc1ccccc1NS(=O)(=O)CC1CCCO1. The number of nitrogen functional groups attached to an aromatic ring is 1. The molecule has 0 aromatic heterocycles. The van der Waals surface area contributed by atoms with Crippen LogP contribution in [0.2, 0.25) is 0 Å². The van der Waals surface area contributed by atoms with E-state index in [2.05, 4.69) is 4.72 Å². The van der Waals surface area contributed by atoms with Crippen LogP contribution in [0.3, 0.4) is 0 Å². The van der Waals surface area contributed by atoms with Crippen molar-refractivity contribution in [3.05, 3.63) is 24.3 Å². The van der Waals surface area contributed by atoms with Gasteiger partial charge in [0.2, 0.25) is 10.0 Å². The number of hydrogen-bond donors (Lipinski definition) is 2. The van der Waals surface area contributed by atoms with Crippen molar-refractivity contribution in [3.63, 3.8) is 0 Å². The van der Waals surface area contributed by atoms with Gasteiger partial charge in [-0.3, -0.25) is 4.72 Å². The van der Waals surface area contributed by atoms with E-state index in [0.29, 0.717) is 18.0 Å². The summed E-state index contributed by atoms with van der Waals surface area (Å²) in [6, 6.07) is 6.79. The highest BCUT2D eigenvalue weighted by Gasteiger charge is 2.23. The summed E-state index contributed by atoms with van der Waals surface area (Å²) in [6.45, 7) is 0.646. The van der Waals surface area contributed by atoms with Gasteiger partial charge in [-0.15, -0.1) is 0 Å². The number of anilines is 2. The van der Waals surface area contributed by atoms with E-state index in [1.165, 1.54) is 0 Å². The largest absolute Gasteiger partial charge is 0.397 e. The van der Waals surface area contributed by atoms with E-state index >= 15 is 0 Å². The van der Waals surface area contributed by atoms with Crippen molar-refractivity contribution in [2.24, 2.45) is 0 Å². The van der Waals surface area contributed by atoms with Crippen molar-refractivity contribution in [2.45, 2.75) is 18.9 Å². The van der Waals surface area contributed by atoms with Crippen molar-refractivity contribution < 1.29 is 13.2 Å². The van der Waals surface area contributed by atoms with Gasteiger partial charge in [0.15, 0.2) is 0 Å². The number of nitrogens with one attached hydrogen (secondary N) is 1. The fourth-order valence-electron chi connectivity index (χ4n) is 1.82. The quantitative estimate of drug-likeness (QED) is 0.793. The number of nitrogens with two attached hydrogens (primary N) is 1. The van der Waals surface area contributed by atoms with Gasteiger partial charge in [-0.25, -0.2) is 8.42 Å². The van der Waals surface area contributed by atoms with Crippen LogP contribution in [0.1, 0.15) is 12.8 Å². The molecule has 2 rings (SSSR count). The van der Waals surface area contributed by atoms with Crippen molar-refractivity contribution in [3.8, 4) is 0 Å². The van der Waals surface area contributed by atoms with Crippen LogP contribution in [0.5, 0.6) is 0 Å². The lowest BCUT2D eigenvalue weighted by Crippen LogP contribution is -2.26. The minimum absolute atomic E-state index is 0.0126. The van der Waals surface area contributed by atoms with E-state index < -0.39 is 10.0 Å². The van der Waals surface area contributed by atoms with Crippen LogP contribution in [0.15, 0.2) is 24.3 Å². The molecule has 3 N–H and O–H groups in total. The van der Waals surface area contributed by atoms with Crippen molar-refractivity contribution in [1.29, 1.82) is 0 Å². The van der Waals surface area contributed by atoms with Gasteiger partial charge in [-0.05, 0) is 25.0 Å². The molecule has 1 atom stereocenters. The van der Waals surface area contributed by atoms with Gasteiger partial charge in [0, 0.05) is 6.61 Å². The lowest BCUT2D eigenvalue weighted by molar-refractivity contribution is 0.127. The minimum Gasteiger partial charge on any atom is -0.397 e. The Balaban J connectivity index is 2.04. The van der Waals surface area contributed by atoms with Crippen LogP contribution in [0.25, 0.3) is 0 Å². The maximum atomic E-state index is 11.9. The average Bonchev–Trinajstić information content (AvgIpc) is 2.73. The molecule has 6 heteroatoms. The highest BCUT2D eigenvalue weighted by Crippen LogP contribution is 2.20. The van der Waals surface area contributed by atoms with Crippen LogP contribution in [-0.2, 0) is 14.8 Å². The predicted molar refractivity (Wildman–Crippen MR) is 67.2 cm³/mol. The third-order valence-electron chi connectivity index (χ3n) is 2.66. The van der Waals surface area contributed by atoms with Gasteiger partial charge < -0.3 is 10.5 Å². The topological polar surface area (TPSA) is 81.4 Å². The van der Waals surface area contributed by atoms with E-state index in [-0.39, 0.29) is 11.9 Å². The fourth-order valence-corrected chi connectivity index (χ4v) is 3.18. The van der Waals surface area contributed by atoms with Crippen molar-refractivity contribution in [1.82, 2.24) is 0 Å². The molecule has 0 aliphatic carbocycles. The van der Waals surface area contributed by atoms with Crippen molar-refractivity contribution >= 4 is 21.4 Å². The zero-order chi connectivity index (χ0) is 12.3. The van der Waals surface area contributed by atoms with Crippen LogP contribution in [0, 0.1) is 0 Å². The van der Waals surface area contributed by atoms with Gasteiger partial charge in [-0.1, -0.05) is 12.1 Å². The van der Waals surface area contributed by atoms with Gasteiger partial charge in [0.1, 0.15) is 0 Å². The highest BCUT2D eigenvalue weighted by molar-refractivity contribution is 7.92. The molecule has 94 valence electrons. The van der Waals surface area contributed by atoms with Crippen LogP contribution in [-0.4, -0.2) is 26.9 Å². The number of ether oxygens (including phenoxy) is 1. The molecule has 0 amide bonds. The number of hydrogen-bond acceptors (Lipinski definition) is 4. The molecule has 1 aromatic carbocycles. The van der Waals surface area contributed by atoms with E-state index in [0.717, 1.165) is 12.8 Å². The Morgan fingerprint density at radius 2 is 2.18 bits per heavy atom. The Hall–Kier alpha value is -1.27. The van der Waals surface area contributed by atoms with Crippen LogP contribution >= 0.6 is 0 Å². The standard InChI is InChI=1S/C11H16N2O3S/c12-10-5-1-2-6-11(10)13-17(14,15)8-9-4-3-7-16-9/h1-2,5-6,9,13H,3-4,7-8,12H2. The summed E-state index contributed by atoms with van der Waals surface area (Å²) in [7, 11) is -3.40. The Morgan fingerprint density at radius 3 is 2.82 bits per heavy atom. The summed E-state index contributed by atoms with van der Waals surface area (Å²) in [5, 5.41) is 0. The second kappa shape index (κ2) is 4.93. The molecule has 1 aliphatic rings. The van der Waals surface area contributed by atoms with Gasteiger partial charge in [0.25, 0.3) is 0 Å². The van der Waals surface area contributed by atoms with Crippen LogP contribution in [0.4, 0.5) is 11.4 Å². The summed E-state index contributed by atoms with van der Waals surface area (Å²) in [6.07, 6.45) is 1.52. The molecule has 0 saturated carbocycles. The number of sulfonamides is 1. The van der Waals surface area contributed by atoms with E-state index in [1.807, 2.05) is 0 Å². The van der Waals surface area contributed by atoms with Crippen molar-refractivity contribution in [2.75, 3.05) is 22.8 Å². The molecule has 5 nitrogen and oxygen atoms in total. The van der Waals surface area contributed by atoms with E-state index in [1.54, 1.807) is 24.3 Å². The maximum Gasteiger partial charge on any atom is 0.235 e. The minimum atomic E-state index is -3.40. The Labute approximate surface area is 101 Å². The van der Waals surface area contributed by atoms with E-state index in [9.17, 15) is 8.42 Å². The Kier molecular flexibility index (Phi) is 3.54. The van der Waals surface area contributed by atoms with Gasteiger partial charge in [-0.2, -0.15) is 0 Å². The first-order valence-corrected chi connectivity index (χ1v) is 7.19. The van der Waals surface area contributed by atoms with Gasteiger partial charge in [0.05, 0.1) is 23.2 Å². The van der Waals surface area contributed by atoms with E-state index in [4.69, 9.17) is 10.5 Å². The summed E-state index contributed by atoms with van der Waals surface area (Å²) < 4.78 is 31.5. The predicted octanol–water partition coefficient (Wildman–Crippen LogP) is 1.19. The van der Waals surface area contributed by atoms with Gasteiger partial charge >= 0.3 is 0 Å². The number of rotatable bonds is 4. The monoisotopic (exact) mass is 256 g/mol. The summed E-state index contributed by atoms with van der Waals surface area (Å²) in [5.41, 5.74) is 6.52. The molecule has 17 heavy (non-hydrogen) atoms. The molecule has 0 radical (unpaired) electrons. The molecule has 1 aromatic rings. The molecule has 1 fully saturated rings. The first-order valence-electron chi connectivity index (χ1n) is 5.53. The maximum absolute atomic E-state index is 11.9. The molecule has 1 unspecified atom stereocenters. The smallest absolute Gasteiger partial charge is 0.235 e. The lowest BCUT2D eigenvalue weighted by atomic mass is 10.3. The second-order valence-electron chi connectivity index (χ2n) is 4.11. The summed E-state index contributed by atoms with van der Waals surface area (Å²) in [5.74, 6) is -0.0126. The molecule has 1 saturated heterocycles. The third kappa shape index (κ3) is 3.34. The molecular formula is C11H16N2O3S.